The summed E-state index contributed by atoms with van der Waals surface area (Å²) in [5.41, 5.74) is 4.24. The van der Waals surface area contributed by atoms with Crippen LogP contribution in [0.25, 0.3) is 17.0 Å². The van der Waals surface area contributed by atoms with Crippen LogP contribution < -0.4 is 5.32 Å². The molecule has 4 aromatic rings. The summed E-state index contributed by atoms with van der Waals surface area (Å²) in [5, 5.41) is 9.30. The van der Waals surface area contributed by atoms with Gasteiger partial charge < -0.3 is 9.84 Å². The fraction of sp³-hybridized carbons (Fsp3) is 0.222. The minimum atomic E-state index is -0.545. The Balaban J connectivity index is 1.53. The Morgan fingerprint density at radius 3 is 2.57 bits per heavy atom. The fourth-order valence-corrected chi connectivity index (χ4v) is 4.95. The Hall–Kier alpha value is -3.78. The average Bonchev–Trinajstić information content (AvgIpc) is 3.57. The van der Waals surface area contributed by atoms with Crippen molar-refractivity contribution in [3.05, 3.63) is 99.5 Å². The Morgan fingerprint density at radius 1 is 1.11 bits per heavy atom. The number of rotatable bonds is 7. The van der Waals surface area contributed by atoms with Crippen molar-refractivity contribution in [2.45, 2.75) is 32.7 Å². The molecule has 1 atom stereocenters. The van der Waals surface area contributed by atoms with Crippen molar-refractivity contribution in [3.63, 3.8) is 0 Å². The third-order valence-corrected chi connectivity index (χ3v) is 7.17. The molecule has 0 saturated heterocycles. The first-order valence-electron chi connectivity index (χ1n) is 11.5. The van der Waals surface area contributed by atoms with Gasteiger partial charge in [0.15, 0.2) is 0 Å². The van der Waals surface area contributed by atoms with Crippen molar-refractivity contribution in [1.82, 2.24) is 20.4 Å². The molecule has 8 heteroatoms. The van der Waals surface area contributed by atoms with E-state index in [0.29, 0.717) is 23.8 Å². The van der Waals surface area contributed by atoms with E-state index < -0.39 is 6.04 Å². The van der Waals surface area contributed by atoms with Gasteiger partial charge in [-0.3, -0.25) is 4.90 Å². The van der Waals surface area contributed by atoms with Gasteiger partial charge in [-0.2, -0.15) is 4.98 Å². The number of aryl methyl sites for hydroxylation is 1. The summed E-state index contributed by atoms with van der Waals surface area (Å²) < 4.78 is 19.3. The van der Waals surface area contributed by atoms with E-state index >= 15 is 0 Å². The van der Waals surface area contributed by atoms with Crippen LogP contribution in [0.5, 0.6) is 0 Å². The lowest BCUT2D eigenvalue weighted by Crippen LogP contribution is -2.46. The van der Waals surface area contributed by atoms with Crippen molar-refractivity contribution >= 4 is 22.9 Å². The molecule has 1 unspecified atom stereocenters. The molecule has 5 rings (SSSR count). The Bertz CT molecular complexity index is 1340. The number of hydrogen-bond acceptors (Lipinski definition) is 5. The van der Waals surface area contributed by atoms with Crippen LogP contribution in [0, 0.1) is 5.82 Å². The second kappa shape index (κ2) is 9.84. The lowest BCUT2D eigenvalue weighted by atomic mass is 9.94. The van der Waals surface area contributed by atoms with Crippen LogP contribution in [0.3, 0.4) is 0 Å². The van der Waals surface area contributed by atoms with Crippen molar-refractivity contribution < 1.29 is 13.7 Å². The molecule has 2 amide bonds. The van der Waals surface area contributed by atoms with Crippen LogP contribution in [0.1, 0.15) is 41.8 Å². The van der Waals surface area contributed by atoms with Crippen LogP contribution in [0.4, 0.5) is 9.18 Å². The zero-order chi connectivity index (χ0) is 24.4. The van der Waals surface area contributed by atoms with Crippen molar-refractivity contribution in [3.8, 4) is 11.4 Å². The first-order chi connectivity index (χ1) is 17.0. The number of carbonyl (C=O) groups excluding carboxylic acids is 1. The van der Waals surface area contributed by atoms with Gasteiger partial charge in [0.25, 0.3) is 5.89 Å². The van der Waals surface area contributed by atoms with Gasteiger partial charge in [0.2, 0.25) is 5.82 Å². The summed E-state index contributed by atoms with van der Waals surface area (Å²) in [6.07, 6.45) is 1.68. The van der Waals surface area contributed by atoms with E-state index in [4.69, 9.17) is 4.52 Å². The quantitative estimate of drug-likeness (QED) is 0.334. The molecule has 2 aromatic carbocycles. The molecule has 0 saturated carbocycles. The van der Waals surface area contributed by atoms with E-state index in [-0.39, 0.29) is 11.8 Å². The lowest BCUT2D eigenvalue weighted by Gasteiger charge is -2.35. The van der Waals surface area contributed by atoms with E-state index in [1.807, 2.05) is 42.6 Å². The molecule has 0 aliphatic carbocycles. The molecular weight excluding hydrogens is 463 g/mol. The Morgan fingerprint density at radius 2 is 1.89 bits per heavy atom. The van der Waals surface area contributed by atoms with Crippen molar-refractivity contribution in [1.29, 1.82) is 0 Å². The highest BCUT2D eigenvalue weighted by atomic mass is 32.1. The second-order valence-electron chi connectivity index (χ2n) is 8.39. The summed E-state index contributed by atoms with van der Waals surface area (Å²) in [4.78, 5) is 20.7. The minimum Gasteiger partial charge on any atom is -0.334 e. The number of benzene rings is 2. The number of halogens is 1. The van der Waals surface area contributed by atoms with Gasteiger partial charge in [0, 0.05) is 22.7 Å². The summed E-state index contributed by atoms with van der Waals surface area (Å²) in [7, 11) is 0. The molecule has 1 N–H and O–H groups in total. The molecule has 0 spiro atoms. The Labute approximate surface area is 207 Å². The first kappa shape index (κ1) is 23.0. The van der Waals surface area contributed by atoms with Gasteiger partial charge in [-0.15, -0.1) is 11.3 Å². The summed E-state index contributed by atoms with van der Waals surface area (Å²) in [6, 6.07) is 17.4. The monoisotopic (exact) mass is 488 g/mol. The number of urea groups is 1. The molecule has 0 fully saturated rings. The predicted molar refractivity (Wildman–Crippen MR) is 134 cm³/mol. The summed E-state index contributed by atoms with van der Waals surface area (Å²) >= 11 is 1.66. The van der Waals surface area contributed by atoms with E-state index in [1.165, 1.54) is 22.6 Å². The predicted octanol–water partition coefficient (Wildman–Crippen LogP) is 6.24. The van der Waals surface area contributed by atoms with E-state index in [1.54, 1.807) is 28.4 Å². The smallest absolute Gasteiger partial charge is 0.322 e. The highest BCUT2D eigenvalue weighted by molar-refractivity contribution is 7.09. The molecule has 178 valence electrons. The number of thiophene rings is 1. The molecule has 1 aliphatic heterocycles. The molecule has 3 heterocycles. The van der Waals surface area contributed by atoms with Crippen LogP contribution in [-0.2, 0) is 12.8 Å². The fourth-order valence-electron chi connectivity index (χ4n) is 4.25. The molecule has 35 heavy (non-hydrogen) atoms. The molecular formula is C27H25FN4O2S. The SMILES string of the molecule is CCc1ccc(-c2noc(C3=C(C)N(CCc4cccs4)C(=O)NC3c3ccc(F)cc3)n2)cc1. The maximum absolute atomic E-state index is 13.6. The normalized spacial score (nSPS) is 16.0. The van der Waals surface area contributed by atoms with Crippen LogP contribution >= 0.6 is 11.3 Å². The van der Waals surface area contributed by atoms with Gasteiger partial charge >= 0.3 is 6.03 Å². The second-order valence-corrected chi connectivity index (χ2v) is 9.42. The number of hydrogen-bond donors (Lipinski definition) is 1. The molecule has 0 bridgehead atoms. The van der Waals surface area contributed by atoms with Crippen LogP contribution in [0.2, 0.25) is 0 Å². The number of carbonyl (C=O) groups is 1. The van der Waals surface area contributed by atoms with E-state index in [0.717, 1.165) is 29.7 Å². The number of allylic oxidation sites excluding steroid dienone is 1. The highest BCUT2D eigenvalue weighted by Gasteiger charge is 2.35. The standard InChI is InChI=1S/C27H25FN4O2S/c1-3-18-6-8-20(9-7-18)25-30-26(34-31-25)23-17(2)32(15-14-22-5-4-16-35-22)27(33)29-24(23)19-10-12-21(28)13-11-19/h4-13,16,24H,3,14-15H2,1-2H3,(H,29,33). The Kier molecular flexibility index (Phi) is 6.46. The van der Waals surface area contributed by atoms with Gasteiger partial charge in [-0.05, 0) is 54.5 Å². The van der Waals surface area contributed by atoms with Gasteiger partial charge in [-0.25, -0.2) is 9.18 Å². The molecule has 6 nitrogen and oxygen atoms in total. The summed E-state index contributed by atoms with van der Waals surface area (Å²) in [5.74, 6) is 0.460. The highest BCUT2D eigenvalue weighted by Crippen LogP contribution is 2.37. The maximum atomic E-state index is 13.6. The zero-order valence-corrected chi connectivity index (χ0v) is 20.3. The molecule has 1 aliphatic rings. The lowest BCUT2D eigenvalue weighted by molar-refractivity contribution is 0.205. The van der Waals surface area contributed by atoms with Gasteiger partial charge in [0.1, 0.15) is 5.82 Å². The van der Waals surface area contributed by atoms with Crippen LogP contribution in [0.15, 0.2) is 76.3 Å². The van der Waals surface area contributed by atoms with Crippen LogP contribution in [-0.4, -0.2) is 27.6 Å². The van der Waals surface area contributed by atoms with E-state index in [2.05, 4.69) is 28.4 Å². The van der Waals surface area contributed by atoms with Crippen molar-refractivity contribution in [2.24, 2.45) is 0 Å². The van der Waals surface area contributed by atoms with Crippen molar-refractivity contribution in [2.75, 3.05) is 6.54 Å². The minimum absolute atomic E-state index is 0.216. The third-order valence-electron chi connectivity index (χ3n) is 6.24. The average molecular weight is 489 g/mol. The van der Waals surface area contributed by atoms with Gasteiger partial charge in [0.05, 0.1) is 11.6 Å². The number of nitrogens with zero attached hydrogens (tertiary/aromatic N) is 3. The first-order valence-corrected chi connectivity index (χ1v) is 12.4. The molecule has 0 radical (unpaired) electrons. The topological polar surface area (TPSA) is 71.3 Å². The number of amides is 2. The molecule has 2 aromatic heterocycles. The maximum Gasteiger partial charge on any atom is 0.322 e. The number of nitrogens with one attached hydrogen (secondary N) is 1. The largest absolute Gasteiger partial charge is 0.334 e. The summed E-state index contributed by atoms with van der Waals surface area (Å²) in [6.45, 7) is 4.50. The number of aromatic nitrogens is 2. The van der Waals surface area contributed by atoms with Gasteiger partial charge in [-0.1, -0.05) is 54.5 Å². The van der Waals surface area contributed by atoms with E-state index in [9.17, 15) is 9.18 Å². The zero-order valence-electron chi connectivity index (χ0n) is 19.5. The third kappa shape index (κ3) is 4.74.